The first kappa shape index (κ1) is 28.9. The highest BCUT2D eigenvalue weighted by Crippen LogP contribution is 2.67. The lowest BCUT2D eigenvalue weighted by molar-refractivity contribution is -0.170. The average molecular weight is 534 g/mol. The molecule has 0 aromatic carbocycles. The molecule has 3 saturated carbocycles. The van der Waals surface area contributed by atoms with Crippen molar-refractivity contribution < 1.29 is 38.5 Å². The summed E-state index contributed by atoms with van der Waals surface area (Å²) in [6.07, 6.45) is 7.23. The lowest BCUT2D eigenvalue weighted by Crippen LogP contribution is -2.58. The highest BCUT2D eigenvalue weighted by atomic mass is 16.7. The van der Waals surface area contributed by atoms with E-state index in [0.717, 1.165) is 38.5 Å². The van der Waals surface area contributed by atoms with Gasteiger partial charge in [0.05, 0.1) is 13.0 Å². The van der Waals surface area contributed by atoms with Crippen LogP contribution in [0.25, 0.3) is 0 Å². The maximum atomic E-state index is 13.3. The van der Waals surface area contributed by atoms with Gasteiger partial charge in [0.15, 0.2) is 18.7 Å². The average Bonchev–Trinajstić information content (AvgIpc) is 3.18. The van der Waals surface area contributed by atoms with Gasteiger partial charge in [-0.15, -0.1) is 0 Å². The number of carbonyl (C=O) groups is 4. The monoisotopic (exact) mass is 533 g/mol. The summed E-state index contributed by atoms with van der Waals surface area (Å²) in [6.45, 7) is 4.01. The van der Waals surface area contributed by atoms with Crippen LogP contribution < -0.4 is 5.32 Å². The van der Waals surface area contributed by atoms with Crippen LogP contribution in [0.15, 0.2) is 11.6 Å². The Bertz CT molecular complexity index is 989. The van der Waals surface area contributed by atoms with E-state index in [9.17, 15) is 24.3 Å². The van der Waals surface area contributed by atoms with E-state index in [-0.39, 0.29) is 42.4 Å². The van der Waals surface area contributed by atoms with Crippen molar-refractivity contribution in [3.05, 3.63) is 11.6 Å². The van der Waals surface area contributed by atoms with Gasteiger partial charge >= 0.3 is 5.97 Å². The molecular weight excluding hydrogens is 490 g/mol. The second-order valence-corrected chi connectivity index (χ2v) is 12.1. The lowest BCUT2D eigenvalue weighted by Gasteiger charge is -2.58. The minimum Gasteiger partial charge on any atom is -0.458 e. The number of hydrogen-bond donors (Lipinski definition) is 2. The number of hydrogen-bond acceptors (Lipinski definition) is 8. The third kappa shape index (κ3) is 5.09. The molecule has 38 heavy (non-hydrogen) atoms. The molecule has 0 heterocycles. The van der Waals surface area contributed by atoms with Gasteiger partial charge in [-0.2, -0.15) is 0 Å². The molecule has 0 bridgehead atoms. The second-order valence-electron chi connectivity index (χ2n) is 12.1. The van der Waals surface area contributed by atoms with Crippen LogP contribution >= 0.6 is 0 Å². The van der Waals surface area contributed by atoms with Crippen LogP contribution in [0.4, 0.5) is 0 Å². The summed E-state index contributed by atoms with van der Waals surface area (Å²) >= 11 is 0. The standard InChI is InChI=1S/C29H43NO8/c1-27-12-9-19(31)15-18(27)5-6-20-21(27)10-13-28(2)22(20)11-14-29(28,35)23(32)17-38-25(34)8-7-24(33)30-16-26(36-3)37-4/h15,20-22,26,35H,5-14,16-17H2,1-4H3,(H,30,33)/t20-,21+,22+,27-,28-,29-/m0/s1. The molecule has 4 aliphatic rings. The number of amides is 1. The van der Waals surface area contributed by atoms with Crippen LogP contribution in [0.1, 0.15) is 78.1 Å². The number of rotatable bonds is 10. The van der Waals surface area contributed by atoms with Gasteiger partial charge in [-0.05, 0) is 74.2 Å². The molecule has 9 heteroatoms. The van der Waals surface area contributed by atoms with E-state index >= 15 is 0 Å². The van der Waals surface area contributed by atoms with Crippen molar-refractivity contribution >= 4 is 23.4 Å². The Morgan fingerprint density at radius 3 is 2.45 bits per heavy atom. The normalized spacial score (nSPS) is 36.1. The quantitative estimate of drug-likeness (QED) is 0.324. The van der Waals surface area contributed by atoms with Crippen LogP contribution in [0.2, 0.25) is 0 Å². The molecule has 1 amide bonds. The Balaban J connectivity index is 1.33. The number of esters is 1. The number of aliphatic hydroxyl groups is 1. The molecule has 0 aromatic heterocycles. The first-order chi connectivity index (χ1) is 18.0. The molecule has 0 aliphatic heterocycles. The summed E-state index contributed by atoms with van der Waals surface area (Å²) in [6, 6.07) is 0. The molecule has 2 N–H and O–H groups in total. The molecule has 4 aliphatic carbocycles. The van der Waals surface area contributed by atoms with Crippen molar-refractivity contribution in [3.63, 3.8) is 0 Å². The maximum Gasteiger partial charge on any atom is 0.306 e. The molecule has 9 nitrogen and oxygen atoms in total. The highest BCUT2D eigenvalue weighted by molar-refractivity contribution is 5.92. The fraction of sp³-hybridized carbons (Fsp3) is 0.793. The summed E-state index contributed by atoms with van der Waals surface area (Å²) in [7, 11) is 2.92. The smallest absolute Gasteiger partial charge is 0.306 e. The SMILES string of the molecule is COC(CNC(=O)CCC(=O)OCC(=O)[C@@]1(O)CC[C@@H]2[C@H]3CCC4=CC(=O)CC[C@]4(C)[C@@H]3CC[C@@]21C)OC. The van der Waals surface area contributed by atoms with E-state index in [2.05, 4.69) is 12.2 Å². The molecule has 0 unspecified atom stereocenters. The van der Waals surface area contributed by atoms with Crippen LogP contribution in [0.5, 0.6) is 0 Å². The molecule has 212 valence electrons. The van der Waals surface area contributed by atoms with Gasteiger partial charge in [0, 0.05) is 32.5 Å². The predicted octanol–water partition coefficient (Wildman–Crippen LogP) is 2.88. The number of ether oxygens (including phenoxy) is 3. The third-order valence-electron chi connectivity index (χ3n) is 10.5. The molecule has 0 aromatic rings. The number of methoxy groups -OCH3 is 2. The summed E-state index contributed by atoms with van der Waals surface area (Å²) in [5.41, 5.74) is -0.784. The zero-order valence-electron chi connectivity index (χ0n) is 23.2. The number of nitrogens with one attached hydrogen (secondary N) is 1. The highest BCUT2D eigenvalue weighted by Gasteiger charge is 2.66. The first-order valence-corrected chi connectivity index (χ1v) is 14.0. The maximum absolute atomic E-state index is 13.3. The minimum atomic E-state index is -1.53. The van der Waals surface area contributed by atoms with Gasteiger partial charge < -0.3 is 24.6 Å². The summed E-state index contributed by atoms with van der Waals surface area (Å²) in [4.78, 5) is 49.6. The molecule has 0 radical (unpaired) electrons. The van der Waals surface area contributed by atoms with Crippen LogP contribution in [0, 0.1) is 28.6 Å². The Hall–Kier alpha value is -2.10. The third-order valence-corrected chi connectivity index (χ3v) is 10.5. The zero-order chi connectivity index (χ0) is 27.7. The van der Waals surface area contributed by atoms with Crippen molar-refractivity contribution in [2.45, 2.75) is 89.9 Å². The topological polar surface area (TPSA) is 128 Å². The van der Waals surface area contributed by atoms with Gasteiger partial charge in [0.1, 0.15) is 5.60 Å². The Labute approximate surface area is 225 Å². The largest absolute Gasteiger partial charge is 0.458 e. The molecule has 3 fully saturated rings. The summed E-state index contributed by atoms with van der Waals surface area (Å²) in [5.74, 6) is -0.141. The number of allylic oxidation sites excluding steroid dienone is 1. The Kier molecular flexibility index (Phi) is 8.50. The molecule has 6 atom stereocenters. The van der Waals surface area contributed by atoms with Crippen molar-refractivity contribution in [2.75, 3.05) is 27.4 Å². The van der Waals surface area contributed by atoms with Gasteiger partial charge in [0.2, 0.25) is 11.7 Å². The molecule has 4 rings (SSSR count). The first-order valence-electron chi connectivity index (χ1n) is 14.0. The number of carbonyl (C=O) groups excluding carboxylic acids is 4. The number of ketones is 2. The van der Waals surface area contributed by atoms with E-state index in [1.54, 1.807) is 0 Å². The molecular formula is C29H43NO8. The van der Waals surface area contributed by atoms with Gasteiger partial charge in [-0.3, -0.25) is 19.2 Å². The van der Waals surface area contributed by atoms with Gasteiger partial charge in [-0.25, -0.2) is 0 Å². The summed E-state index contributed by atoms with van der Waals surface area (Å²) in [5, 5.41) is 14.4. The van der Waals surface area contributed by atoms with E-state index < -0.39 is 35.7 Å². The molecule has 0 spiro atoms. The fourth-order valence-corrected chi connectivity index (χ4v) is 8.14. The predicted molar refractivity (Wildman–Crippen MR) is 138 cm³/mol. The summed E-state index contributed by atoms with van der Waals surface area (Å²) < 4.78 is 15.2. The van der Waals surface area contributed by atoms with Crippen LogP contribution in [-0.2, 0) is 33.4 Å². The zero-order valence-corrected chi connectivity index (χ0v) is 23.2. The second kappa shape index (κ2) is 11.2. The van der Waals surface area contributed by atoms with E-state index in [4.69, 9.17) is 14.2 Å². The van der Waals surface area contributed by atoms with Crippen molar-refractivity contribution in [1.82, 2.24) is 5.32 Å². The van der Waals surface area contributed by atoms with Crippen LogP contribution in [0.3, 0.4) is 0 Å². The van der Waals surface area contributed by atoms with Gasteiger partial charge in [-0.1, -0.05) is 19.4 Å². The van der Waals surface area contributed by atoms with Crippen molar-refractivity contribution in [3.8, 4) is 0 Å². The van der Waals surface area contributed by atoms with Crippen LogP contribution in [-0.4, -0.2) is 67.8 Å². The van der Waals surface area contributed by atoms with E-state index in [1.807, 2.05) is 13.0 Å². The van der Waals surface area contributed by atoms with Crippen molar-refractivity contribution in [2.24, 2.45) is 28.6 Å². The Morgan fingerprint density at radius 2 is 1.74 bits per heavy atom. The minimum absolute atomic E-state index is 0.0265. The Morgan fingerprint density at radius 1 is 1.03 bits per heavy atom. The number of Topliss-reactive ketones (excluding diaryl/α,β-unsaturated/α-hetero) is 1. The molecule has 0 saturated heterocycles. The fourth-order valence-electron chi connectivity index (χ4n) is 8.14. The van der Waals surface area contributed by atoms with E-state index in [0.29, 0.717) is 24.7 Å². The lowest BCUT2D eigenvalue weighted by atomic mass is 9.46. The van der Waals surface area contributed by atoms with E-state index in [1.165, 1.54) is 19.8 Å². The van der Waals surface area contributed by atoms with Gasteiger partial charge in [0.25, 0.3) is 0 Å². The van der Waals surface area contributed by atoms with Crippen molar-refractivity contribution in [1.29, 1.82) is 0 Å². The number of fused-ring (bicyclic) bond motifs is 5.